The molecule has 1 aromatic rings. The number of nitrogens with two attached hydrogens (primary N) is 1. The van der Waals surface area contributed by atoms with Crippen LogP contribution in [0.15, 0.2) is 18.2 Å². The molecule has 1 aliphatic carbocycles. The highest BCUT2D eigenvalue weighted by atomic mass is 15.2. The fourth-order valence-corrected chi connectivity index (χ4v) is 1.73. The summed E-state index contributed by atoms with van der Waals surface area (Å²) < 4.78 is 0. The van der Waals surface area contributed by atoms with Crippen LogP contribution >= 0.6 is 0 Å². The number of rotatable bonds is 2. The molecule has 0 atom stereocenters. The topological polar surface area (TPSA) is 29.3 Å². The van der Waals surface area contributed by atoms with Crippen molar-refractivity contribution in [3.8, 4) is 0 Å². The minimum atomic E-state index is 0.766. The van der Waals surface area contributed by atoms with Gasteiger partial charge in [0, 0.05) is 24.5 Å². The number of nitrogen functional groups attached to an aromatic ring is 1. The van der Waals surface area contributed by atoms with Crippen LogP contribution in [0.2, 0.25) is 0 Å². The zero-order valence-corrected chi connectivity index (χ0v) is 8.25. The molecule has 0 unspecified atom stereocenters. The van der Waals surface area contributed by atoms with E-state index in [1.807, 2.05) is 12.1 Å². The van der Waals surface area contributed by atoms with Gasteiger partial charge in [-0.2, -0.15) is 0 Å². The van der Waals surface area contributed by atoms with Gasteiger partial charge >= 0.3 is 0 Å². The molecule has 0 radical (unpaired) electrons. The minimum Gasteiger partial charge on any atom is -0.399 e. The van der Waals surface area contributed by atoms with E-state index in [1.54, 1.807) is 0 Å². The first-order valence-electron chi connectivity index (χ1n) is 4.77. The van der Waals surface area contributed by atoms with Gasteiger partial charge in [-0.25, -0.2) is 0 Å². The van der Waals surface area contributed by atoms with Gasteiger partial charge < -0.3 is 10.6 Å². The summed E-state index contributed by atoms with van der Waals surface area (Å²) in [7, 11) is 2.16. The molecule has 0 amide bonds. The Morgan fingerprint density at radius 1 is 1.38 bits per heavy atom. The van der Waals surface area contributed by atoms with Crippen molar-refractivity contribution in [1.29, 1.82) is 0 Å². The van der Waals surface area contributed by atoms with Gasteiger partial charge in [-0.1, -0.05) is 0 Å². The lowest BCUT2D eigenvalue weighted by Crippen LogP contribution is -2.20. The zero-order chi connectivity index (χ0) is 9.42. The van der Waals surface area contributed by atoms with Crippen LogP contribution in [0.4, 0.5) is 11.4 Å². The zero-order valence-electron chi connectivity index (χ0n) is 8.25. The molecule has 2 rings (SSSR count). The lowest BCUT2D eigenvalue weighted by Gasteiger charge is -2.21. The summed E-state index contributed by atoms with van der Waals surface area (Å²) in [4.78, 5) is 2.36. The number of aryl methyl sites for hydroxylation is 1. The SMILES string of the molecule is Cc1cc(N)ccc1N(C)C1CC1. The molecule has 13 heavy (non-hydrogen) atoms. The predicted octanol–water partition coefficient (Wildman–Crippen LogP) is 2.18. The molecule has 2 N–H and O–H groups in total. The summed E-state index contributed by atoms with van der Waals surface area (Å²) in [6.45, 7) is 2.12. The monoisotopic (exact) mass is 176 g/mol. The van der Waals surface area contributed by atoms with Gasteiger partial charge in [0.25, 0.3) is 0 Å². The van der Waals surface area contributed by atoms with Crippen molar-refractivity contribution in [2.24, 2.45) is 0 Å². The van der Waals surface area contributed by atoms with E-state index in [4.69, 9.17) is 5.73 Å². The Hall–Kier alpha value is -1.18. The van der Waals surface area contributed by atoms with Gasteiger partial charge in [-0.3, -0.25) is 0 Å². The van der Waals surface area contributed by atoms with Gasteiger partial charge in [0.15, 0.2) is 0 Å². The van der Waals surface area contributed by atoms with Crippen LogP contribution in [0.25, 0.3) is 0 Å². The lowest BCUT2D eigenvalue weighted by molar-refractivity contribution is 0.911. The molecule has 1 fully saturated rings. The highest BCUT2D eigenvalue weighted by molar-refractivity contribution is 5.59. The fraction of sp³-hybridized carbons (Fsp3) is 0.455. The summed E-state index contributed by atoms with van der Waals surface area (Å²) >= 11 is 0. The summed E-state index contributed by atoms with van der Waals surface area (Å²) in [5.74, 6) is 0. The third-order valence-electron chi connectivity index (χ3n) is 2.70. The third kappa shape index (κ3) is 1.62. The summed E-state index contributed by atoms with van der Waals surface area (Å²) in [6.07, 6.45) is 2.67. The van der Waals surface area contributed by atoms with E-state index in [0.717, 1.165) is 11.7 Å². The Labute approximate surface area is 79.4 Å². The second-order valence-corrected chi connectivity index (χ2v) is 3.89. The Balaban J connectivity index is 2.28. The minimum absolute atomic E-state index is 0.766. The number of hydrogen-bond acceptors (Lipinski definition) is 2. The first kappa shape index (κ1) is 8.42. The molecule has 0 heterocycles. The van der Waals surface area contributed by atoms with Gasteiger partial charge in [-0.15, -0.1) is 0 Å². The maximum Gasteiger partial charge on any atom is 0.0397 e. The van der Waals surface area contributed by atoms with E-state index >= 15 is 0 Å². The Morgan fingerprint density at radius 2 is 2.08 bits per heavy atom. The van der Waals surface area contributed by atoms with Crippen molar-refractivity contribution >= 4 is 11.4 Å². The van der Waals surface area contributed by atoms with Crippen molar-refractivity contribution in [2.75, 3.05) is 17.7 Å². The molecule has 1 aliphatic rings. The summed E-state index contributed by atoms with van der Waals surface area (Å²) in [5.41, 5.74) is 9.14. The molecule has 2 heteroatoms. The van der Waals surface area contributed by atoms with Crippen LogP contribution in [0.3, 0.4) is 0 Å². The normalized spacial score (nSPS) is 15.8. The molecule has 1 saturated carbocycles. The van der Waals surface area contributed by atoms with Crippen LogP contribution in [0.1, 0.15) is 18.4 Å². The Kier molecular flexibility index (Phi) is 1.91. The number of hydrogen-bond donors (Lipinski definition) is 1. The molecule has 0 bridgehead atoms. The van der Waals surface area contributed by atoms with Crippen LogP contribution in [0, 0.1) is 6.92 Å². The van der Waals surface area contributed by atoms with Gasteiger partial charge in [0.2, 0.25) is 0 Å². The van der Waals surface area contributed by atoms with E-state index in [2.05, 4.69) is 24.9 Å². The quantitative estimate of drug-likeness (QED) is 0.700. The van der Waals surface area contributed by atoms with Crippen LogP contribution < -0.4 is 10.6 Å². The third-order valence-corrected chi connectivity index (χ3v) is 2.70. The van der Waals surface area contributed by atoms with E-state index in [1.165, 1.54) is 24.1 Å². The second-order valence-electron chi connectivity index (χ2n) is 3.89. The smallest absolute Gasteiger partial charge is 0.0397 e. The maximum atomic E-state index is 5.70. The first-order valence-corrected chi connectivity index (χ1v) is 4.77. The fourth-order valence-electron chi connectivity index (χ4n) is 1.73. The van der Waals surface area contributed by atoms with Crippen molar-refractivity contribution in [1.82, 2.24) is 0 Å². The molecule has 0 spiro atoms. The van der Waals surface area contributed by atoms with Crippen LogP contribution in [-0.2, 0) is 0 Å². The van der Waals surface area contributed by atoms with Gasteiger partial charge in [-0.05, 0) is 43.5 Å². The largest absolute Gasteiger partial charge is 0.399 e. The lowest BCUT2D eigenvalue weighted by atomic mass is 10.1. The standard InChI is InChI=1S/C11H16N2/c1-8-7-9(12)3-6-11(8)13(2)10-4-5-10/h3,6-7,10H,4-5,12H2,1-2H3. The predicted molar refractivity (Wildman–Crippen MR) is 57.0 cm³/mol. The maximum absolute atomic E-state index is 5.70. The van der Waals surface area contributed by atoms with Crippen molar-refractivity contribution < 1.29 is 0 Å². The van der Waals surface area contributed by atoms with Gasteiger partial charge in [0.1, 0.15) is 0 Å². The van der Waals surface area contributed by atoms with Crippen LogP contribution in [-0.4, -0.2) is 13.1 Å². The van der Waals surface area contributed by atoms with E-state index in [-0.39, 0.29) is 0 Å². The molecule has 0 saturated heterocycles. The van der Waals surface area contributed by atoms with Crippen molar-refractivity contribution in [3.05, 3.63) is 23.8 Å². The molecule has 1 aromatic carbocycles. The number of nitrogens with zero attached hydrogens (tertiary/aromatic N) is 1. The summed E-state index contributed by atoms with van der Waals surface area (Å²) in [5, 5.41) is 0. The highest BCUT2D eigenvalue weighted by Crippen LogP contribution is 2.32. The summed E-state index contributed by atoms with van der Waals surface area (Å²) in [6, 6.07) is 6.89. The van der Waals surface area contributed by atoms with E-state index in [9.17, 15) is 0 Å². The molecule has 0 aliphatic heterocycles. The molecular weight excluding hydrogens is 160 g/mol. The van der Waals surface area contributed by atoms with Crippen LogP contribution in [0.5, 0.6) is 0 Å². The highest BCUT2D eigenvalue weighted by Gasteiger charge is 2.26. The van der Waals surface area contributed by atoms with Gasteiger partial charge in [0.05, 0.1) is 0 Å². The second kappa shape index (κ2) is 2.95. The molecule has 2 nitrogen and oxygen atoms in total. The molecule has 70 valence electrons. The van der Waals surface area contributed by atoms with Crippen molar-refractivity contribution in [3.63, 3.8) is 0 Å². The van der Waals surface area contributed by atoms with E-state index < -0.39 is 0 Å². The average Bonchev–Trinajstić information content (AvgIpc) is 2.85. The Bertz CT molecular complexity index is 316. The number of anilines is 2. The van der Waals surface area contributed by atoms with Crippen molar-refractivity contribution in [2.45, 2.75) is 25.8 Å². The van der Waals surface area contributed by atoms with E-state index in [0.29, 0.717) is 0 Å². The number of benzene rings is 1. The molecular formula is C11H16N2. The average molecular weight is 176 g/mol. The Morgan fingerprint density at radius 3 is 2.62 bits per heavy atom. The molecule has 0 aromatic heterocycles. The first-order chi connectivity index (χ1) is 6.18.